The average Bonchev–Trinajstić information content (AvgIpc) is 3.03. The van der Waals surface area contributed by atoms with Gasteiger partial charge in [0.05, 0.1) is 29.7 Å². The van der Waals surface area contributed by atoms with Gasteiger partial charge in [-0.15, -0.1) is 0 Å². The van der Waals surface area contributed by atoms with Gasteiger partial charge in [-0.1, -0.05) is 18.2 Å². The molecule has 132 valence electrons. The summed E-state index contributed by atoms with van der Waals surface area (Å²) in [5.74, 6) is -0.0526. The lowest BCUT2D eigenvalue weighted by atomic mass is 10.2. The highest BCUT2D eigenvalue weighted by atomic mass is 16.6. The van der Waals surface area contributed by atoms with Crippen molar-refractivity contribution in [2.24, 2.45) is 0 Å². The first kappa shape index (κ1) is 17.0. The molecule has 0 N–H and O–H groups in total. The number of aromatic nitrogens is 2. The third-order valence-corrected chi connectivity index (χ3v) is 4.33. The van der Waals surface area contributed by atoms with Gasteiger partial charge < -0.3 is 14.5 Å². The summed E-state index contributed by atoms with van der Waals surface area (Å²) in [7, 11) is 0. The second-order valence-electron chi connectivity index (χ2n) is 5.87. The predicted molar refractivity (Wildman–Crippen MR) is 92.8 cm³/mol. The Labute approximate surface area is 146 Å². The molecule has 1 saturated heterocycles. The van der Waals surface area contributed by atoms with E-state index in [1.54, 1.807) is 27.6 Å². The Bertz CT molecular complexity index is 749. The van der Waals surface area contributed by atoms with Crippen molar-refractivity contribution in [1.82, 2.24) is 19.6 Å². The number of carbonyl (C=O) groups is 2. The smallest absolute Gasteiger partial charge is 0.409 e. The third kappa shape index (κ3) is 3.50. The lowest BCUT2D eigenvalue weighted by molar-refractivity contribution is 0.0570. The molecule has 3 rings (SSSR count). The maximum Gasteiger partial charge on any atom is 0.409 e. The fraction of sp³-hybridized carbons (Fsp3) is 0.389. The van der Waals surface area contributed by atoms with E-state index in [0.717, 1.165) is 11.4 Å². The highest BCUT2D eigenvalue weighted by Gasteiger charge is 2.27. The summed E-state index contributed by atoms with van der Waals surface area (Å²) < 4.78 is 6.77. The van der Waals surface area contributed by atoms with Crippen molar-refractivity contribution in [3.05, 3.63) is 47.8 Å². The van der Waals surface area contributed by atoms with Crippen LogP contribution in [0.5, 0.6) is 0 Å². The zero-order valence-corrected chi connectivity index (χ0v) is 14.5. The van der Waals surface area contributed by atoms with Crippen molar-refractivity contribution in [3.8, 4) is 5.69 Å². The Morgan fingerprint density at radius 2 is 1.72 bits per heavy atom. The lowest BCUT2D eigenvalue weighted by Gasteiger charge is -2.34. The van der Waals surface area contributed by atoms with Gasteiger partial charge in [-0.05, 0) is 26.0 Å². The number of amides is 2. The Kier molecular flexibility index (Phi) is 5.02. The van der Waals surface area contributed by atoms with E-state index in [4.69, 9.17) is 4.74 Å². The number of benzene rings is 1. The van der Waals surface area contributed by atoms with E-state index in [1.807, 2.05) is 37.3 Å². The van der Waals surface area contributed by atoms with E-state index in [0.29, 0.717) is 38.3 Å². The summed E-state index contributed by atoms with van der Waals surface area (Å²) in [6.07, 6.45) is 1.30. The van der Waals surface area contributed by atoms with E-state index in [1.165, 1.54) is 0 Å². The second kappa shape index (κ2) is 7.38. The number of piperazine rings is 1. The van der Waals surface area contributed by atoms with Crippen molar-refractivity contribution >= 4 is 12.0 Å². The van der Waals surface area contributed by atoms with Gasteiger partial charge in [0.2, 0.25) is 0 Å². The van der Waals surface area contributed by atoms with E-state index in [-0.39, 0.29) is 12.0 Å². The maximum atomic E-state index is 12.8. The van der Waals surface area contributed by atoms with Crippen LogP contribution in [0.2, 0.25) is 0 Å². The van der Waals surface area contributed by atoms with Crippen LogP contribution in [0.1, 0.15) is 23.0 Å². The van der Waals surface area contributed by atoms with Crippen molar-refractivity contribution in [3.63, 3.8) is 0 Å². The highest BCUT2D eigenvalue weighted by Crippen LogP contribution is 2.17. The van der Waals surface area contributed by atoms with Crippen LogP contribution in [0.3, 0.4) is 0 Å². The fourth-order valence-electron chi connectivity index (χ4n) is 2.93. The monoisotopic (exact) mass is 342 g/mol. The molecule has 0 saturated carbocycles. The van der Waals surface area contributed by atoms with E-state index < -0.39 is 0 Å². The number of ether oxygens (including phenoxy) is 1. The number of rotatable bonds is 3. The summed E-state index contributed by atoms with van der Waals surface area (Å²) in [5, 5.41) is 4.35. The van der Waals surface area contributed by atoms with Crippen LogP contribution < -0.4 is 0 Å². The van der Waals surface area contributed by atoms with E-state index >= 15 is 0 Å². The van der Waals surface area contributed by atoms with Gasteiger partial charge in [0.1, 0.15) is 0 Å². The lowest BCUT2D eigenvalue weighted by Crippen LogP contribution is -2.50. The second-order valence-corrected chi connectivity index (χ2v) is 5.87. The Morgan fingerprint density at radius 3 is 2.36 bits per heavy atom. The molecule has 2 aromatic rings. The standard InChI is InChI=1S/C18H22N4O3/c1-3-25-18(24)21-11-9-20(10-12-21)17(23)16-13-19-22(14(16)2)15-7-5-4-6-8-15/h4-8,13H,3,9-12H2,1-2H3. The summed E-state index contributed by atoms with van der Waals surface area (Å²) in [4.78, 5) is 27.9. The number of para-hydroxylation sites is 1. The number of hydrogen-bond donors (Lipinski definition) is 0. The molecule has 0 aliphatic carbocycles. The minimum atomic E-state index is -0.317. The van der Waals surface area contributed by atoms with Gasteiger partial charge >= 0.3 is 6.09 Å². The fourth-order valence-corrected chi connectivity index (χ4v) is 2.93. The average molecular weight is 342 g/mol. The first-order valence-electron chi connectivity index (χ1n) is 8.43. The summed E-state index contributed by atoms with van der Waals surface area (Å²) in [6, 6.07) is 9.72. The molecule has 1 aliphatic heterocycles. The Balaban J connectivity index is 1.69. The van der Waals surface area contributed by atoms with Crippen LogP contribution in [0, 0.1) is 6.92 Å². The van der Waals surface area contributed by atoms with E-state index in [9.17, 15) is 9.59 Å². The topological polar surface area (TPSA) is 67.7 Å². The Morgan fingerprint density at radius 1 is 1.08 bits per heavy atom. The molecule has 0 radical (unpaired) electrons. The molecule has 0 unspecified atom stereocenters. The normalized spacial score (nSPS) is 14.5. The molecule has 2 amide bonds. The molecule has 0 atom stereocenters. The maximum absolute atomic E-state index is 12.8. The predicted octanol–water partition coefficient (Wildman–Crippen LogP) is 2.10. The van der Waals surface area contributed by atoms with Gasteiger partial charge in [-0.3, -0.25) is 4.79 Å². The Hall–Kier alpha value is -2.83. The van der Waals surface area contributed by atoms with Crippen molar-refractivity contribution in [2.45, 2.75) is 13.8 Å². The molecule has 7 nitrogen and oxygen atoms in total. The molecular weight excluding hydrogens is 320 g/mol. The van der Waals surface area contributed by atoms with Gasteiger partial charge in [0, 0.05) is 26.2 Å². The van der Waals surface area contributed by atoms with Gasteiger partial charge in [0.15, 0.2) is 0 Å². The number of carbonyl (C=O) groups excluding carboxylic acids is 2. The first-order valence-corrected chi connectivity index (χ1v) is 8.43. The molecule has 1 aromatic carbocycles. The van der Waals surface area contributed by atoms with E-state index in [2.05, 4.69) is 5.10 Å². The summed E-state index contributed by atoms with van der Waals surface area (Å²) >= 11 is 0. The van der Waals surface area contributed by atoms with Gasteiger partial charge in [-0.25, -0.2) is 9.48 Å². The molecule has 1 aliphatic rings. The highest BCUT2D eigenvalue weighted by molar-refractivity contribution is 5.95. The molecule has 1 aromatic heterocycles. The first-order chi connectivity index (χ1) is 12.1. The molecule has 2 heterocycles. The SMILES string of the molecule is CCOC(=O)N1CCN(C(=O)c2cnn(-c3ccccc3)c2C)CC1. The largest absolute Gasteiger partial charge is 0.450 e. The van der Waals surface area contributed by atoms with Crippen LogP contribution in [0.4, 0.5) is 4.79 Å². The van der Waals surface area contributed by atoms with Crippen LogP contribution in [-0.2, 0) is 4.74 Å². The third-order valence-electron chi connectivity index (χ3n) is 4.33. The van der Waals surface area contributed by atoms with Gasteiger partial charge in [0.25, 0.3) is 5.91 Å². The van der Waals surface area contributed by atoms with Crippen molar-refractivity contribution in [2.75, 3.05) is 32.8 Å². The molecular formula is C18H22N4O3. The minimum absolute atomic E-state index is 0.0526. The summed E-state index contributed by atoms with van der Waals surface area (Å²) in [6.45, 7) is 5.98. The van der Waals surface area contributed by atoms with Crippen LogP contribution in [0.15, 0.2) is 36.5 Å². The molecule has 1 fully saturated rings. The minimum Gasteiger partial charge on any atom is -0.450 e. The summed E-state index contributed by atoms with van der Waals surface area (Å²) in [5.41, 5.74) is 2.32. The number of hydrogen-bond acceptors (Lipinski definition) is 4. The zero-order chi connectivity index (χ0) is 17.8. The molecule has 0 bridgehead atoms. The van der Waals surface area contributed by atoms with Gasteiger partial charge in [-0.2, -0.15) is 5.10 Å². The van der Waals surface area contributed by atoms with Crippen molar-refractivity contribution in [1.29, 1.82) is 0 Å². The molecule has 7 heteroatoms. The zero-order valence-electron chi connectivity index (χ0n) is 14.5. The van der Waals surface area contributed by atoms with Crippen molar-refractivity contribution < 1.29 is 14.3 Å². The molecule has 25 heavy (non-hydrogen) atoms. The molecule has 0 spiro atoms. The van der Waals surface area contributed by atoms with Crippen LogP contribution in [0.25, 0.3) is 5.69 Å². The number of nitrogens with zero attached hydrogens (tertiary/aromatic N) is 4. The van der Waals surface area contributed by atoms with Crippen LogP contribution in [-0.4, -0.2) is 64.4 Å². The quantitative estimate of drug-likeness (QED) is 0.857. The van der Waals surface area contributed by atoms with Crippen LogP contribution >= 0.6 is 0 Å².